The van der Waals surface area contributed by atoms with E-state index in [-0.39, 0.29) is 6.03 Å². The standard InChI is InChI=1S/C15H19N5O2/c21-14(19-10-15(22)3-1-4-15)18-9-12-2-5-17-13(8-12)20-7-6-16-11-20/h2,5-8,11,22H,1,3-4,9-10H2,(H2,18,19,21). The topological polar surface area (TPSA) is 92.1 Å². The van der Waals surface area contributed by atoms with Gasteiger partial charge < -0.3 is 15.7 Å². The number of amides is 2. The van der Waals surface area contributed by atoms with E-state index in [2.05, 4.69) is 20.6 Å². The molecule has 3 rings (SSSR count). The Kier molecular flexibility index (Phi) is 4.06. The molecule has 2 amide bonds. The van der Waals surface area contributed by atoms with Gasteiger partial charge in [-0.25, -0.2) is 14.8 Å². The van der Waals surface area contributed by atoms with E-state index in [0.717, 1.165) is 30.6 Å². The van der Waals surface area contributed by atoms with E-state index in [0.29, 0.717) is 13.1 Å². The van der Waals surface area contributed by atoms with E-state index in [1.807, 2.05) is 18.3 Å². The maximum Gasteiger partial charge on any atom is 0.315 e. The van der Waals surface area contributed by atoms with Crippen LogP contribution in [0.5, 0.6) is 0 Å². The van der Waals surface area contributed by atoms with E-state index >= 15 is 0 Å². The lowest BCUT2D eigenvalue weighted by atomic mass is 9.80. The molecule has 0 radical (unpaired) electrons. The molecule has 1 aliphatic rings. The van der Waals surface area contributed by atoms with Gasteiger partial charge in [0.05, 0.1) is 5.60 Å². The zero-order chi connectivity index (χ0) is 15.4. The molecule has 7 heteroatoms. The van der Waals surface area contributed by atoms with Gasteiger partial charge in [-0.05, 0) is 37.0 Å². The highest BCUT2D eigenvalue weighted by molar-refractivity contribution is 5.73. The fraction of sp³-hybridized carbons (Fsp3) is 0.400. The van der Waals surface area contributed by atoms with Crippen LogP contribution in [0.4, 0.5) is 4.79 Å². The molecule has 0 spiro atoms. The Morgan fingerprint density at radius 2 is 2.23 bits per heavy atom. The monoisotopic (exact) mass is 301 g/mol. The number of carbonyl (C=O) groups is 1. The molecule has 0 atom stereocenters. The van der Waals surface area contributed by atoms with Crippen molar-refractivity contribution in [3.63, 3.8) is 0 Å². The summed E-state index contributed by atoms with van der Waals surface area (Å²) in [5.41, 5.74) is 0.235. The predicted octanol–water partition coefficient (Wildman–Crippen LogP) is 0.981. The van der Waals surface area contributed by atoms with Crippen molar-refractivity contribution in [3.8, 4) is 5.82 Å². The number of aliphatic hydroxyl groups is 1. The quantitative estimate of drug-likeness (QED) is 0.767. The smallest absolute Gasteiger partial charge is 0.315 e. The molecule has 22 heavy (non-hydrogen) atoms. The van der Waals surface area contributed by atoms with Gasteiger partial charge in [-0.3, -0.25) is 4.57 Å². The third-order valence-corrected chi connectivity index (χ3v) is 3.89. The highest BCUT2D eigenvalue weighted by Crippen LogP contribution is 2.30. The molecule has 2 aromatic rings. The summed E-state index contributed by atoms with van der Waals surface area (Å²) in [6, 6.07) is 3.46. The molecule has 2 aromatic heterocycles. The molecule has 0 saturated heterocycles. The summed E-state index contributed by atoms with van der Waals surface area (Å²) in [6.45, 7) is 0.698. The maximum atomic E-state index is 11.8. The molecule has 1 saturated carbocycles. The van der Waals surface area contributed by atoms with E-state index < -0.39 is 5.60 Å². The number of carbonyl (C=O) groups excluding carboxylic acids is 1. The minimum Gasteiger partial charge on any atom is -0.388 e. The van der Waals surface area contributed by atoms with Gasteiger partial charge in [-0.2, -0.15) is 0 Å². The number of imidazole rings is 1. The van der Waals surface area contributed by atoms with Crippen LogP contribution in [-0.4, -0.2) is 37.8 Å². The first-order valence-electron chi connectivity index (χ1n) is 7.32. The molecule has 0 unspecified atom stereocenters. The van der Waals surface area contributed by atoms with Gasteiger partial charge in [0.25, 0.3) is 0 Å². The van der Waals surface area contributed by atoms with Crippen molar-refractivity contribution >= 4 is 6.03 Å². The first kappa shape index (κ1) is 14.5. The zero-order valence-corrected chi connectivity index (χ0v) is 12.2. The Morgan fingerprint density at radius 1 is 1.36 bits per heavy atom. The normalized spacial score (nSPS) is 15.9. The lowest BCUT2D eigenvalue weighted by molar-refractivity contribution is -0.0290. The Morgan fingerprint density at radius 3 is 2.91 bits per heavy atom. The van der Waals surface area contributed by atoms with E-state index in [4.69, 9.17) is 0 Å². The van der Waals surface area contributed by atoms with Gasteiger partial charge in [-0.1, -0.05) is 0 Å². The van der Waals surface area contributed by atoms with Crippen molar-refractivity contribution in [2.45, 2.75) is 31.4 Å². The van der Waals surface area contributed by atoms with Gasteiger partial charge in [0.2, 0.25) is 0 Å². The second-order valence-electron chi connectivity index (χ2n) is 5.61. The number of pyridine rings is 1. The second-order valence-corrected chi connectivity index (χ2v) is 5.61. The molecule has 7 nitrogen and oxygen atoms in total. The molecule has 0 aliphatic heterocycles. The largest absolute Gasteiger partial charge is 0.388 e. The van der Waals surface area contributed by atoms with Gasteiger partial charge in [-0.15, -0.1) is 0 Å². The van der Waals surface area contributed by atoms with E-state index in [9.17, 15) is 9.90 Å². The van der Waals surface area contributed by atoms with Crippen molar-refractivity contribution < 1.29 is 9.90 Å². The molecule has 1 fully saturated rings. The van der Waals surface area contributed by atoms with E-state index in [1.54, 1.807) is 23.3 Å². The average molecular weight is 301 g/mol. The van der Waals surface area contributed by atoms with Crippen LogP contribution in [0, 0.1) is 0 Å². The molecule has 0 aromatic carbocycles. The van der Waals surface area contributed by atoms with Gasteiger partial charge >= 0.3 is 6.03 Å². The van der Waals surface area contributed by atoms with E-state index in [1.165, 1.54) is 0 Å². The zero-order valence-electron chi connectivity index (χ0n) is 12.2. The first-order chi connectivity index (χ1) is 10.6. The van der Waals surface area contributed by atoms with Gasteiger partial charge in [0.15, 0.2) is 0 Å². The summed E-state index contributed by atoms with van der Waals surface area (Å²) < 4.78 is 1.80. The highest BCUT2D eigenvalue weighted by Gasteiger charge is 2.34. The minimum atomic E-state index is -0.706. The van der Waals surface area contributed by atoms with Gasteiger partial charge in [0, 0.05) is 31.7 Å². The lowest BCUT2D eigenvalue weighted by Gasteiger charge is -2.36. The lowest BCUT2D eigenvalue weighted by Crippen LogP contribution is -2.49. The summed E-state index contributed by atoms with van der Waals surface area (Å²) in [6.07, 6.45) is 9.40. The van der Waals surface area contributed by atoms with Crippen LogP contribution in [0.15, 0.2) is 37.1 Å². The fourth-order valence-electron chi connectivity index (χ4n) is 2.36. The molecule has 0 bridgehead atoms. The van der Waals surface area contributed by atoms with Crippen LogP contribution >= 0.6 is 0 Å². The Hall–Kier alpha value is -2.41. The van der Waals surface area contributed by atoms with Crippen molar-refractivity contribution in [2.24, 2.45) is 0 Å². The number of rotatable bonds is 5. The summed E-state index contributed by atoms with van der Waals surface area (Å²) in [4.78, 5) is 20.0. The van der Waals surface area contributed by atoms with Crippen LogP contribution in [0.1, 0.15) is 24.8 Å². The number of nitrogens with one attached hydrogen (secondary N) is 2. The van der Waals surface area contributed by atoms with Crippen molar-refractivity contribution in [3.05, 3.63) is 42.6 Å². The summed E-state index contributed by atoms with van der Waals surface area (Å²) in [7, 11) is 0. The second kappa shape index (κ2) is 6.15. The fourth-order valence-corrected chi connectivity index (χ4v) is 2.36. The Balaban J connectivity index is 1.51. The molecule has 2 heterocycles. The molecular weight excluding hydrogens is 282 g/mol. The summed E-state index contributed by atoms with van der Waals surface area (Å²) in [5, 5.41) is 15.4. The SMILES string of the molecule is O=C(NCc1ccnc(-n2ccnc2)c1)NCC1(O)CCC1. The number of aromatic nitrogens is 3. The third-order valence-electron chi connectivity index (χ3n) is 3.89. The summed E-state index contributed by atoms with van der Waals surface area (Å²) >= 11 is 0. The summed E-state index contributed by atoms with van der Waals surface area (Å²) in [5.74, 6) is 0.751. The molecular formula is C15H19N5O2. The third kappa shape index (κ3) is 3.43. The Labute approximate surface area is 128 Å². The molecule has 1 aliphatic carbocycles. The van der Waals surface area contributed by atoms with Crippen molar-refractivity contribution in [1.82, 2.24) is 25.2 Å². The van der Waals surface area contributed by atoms with Crippen LogP contribution in [0.2, 0.25) is 0 Å². The first-order valence-corrected chi connectivity index (χ1v) is 7.32. The molecule has 3 N–H and O–H groups in total. The van der Waals surface area contributed by atoms with Crippen LogP contribution in [-0.2, 0) is 6.54 Å². The molecule has 116 valence electrons. The maximum absolute atomic E-state index is 11.8. The number of nitrogens with zero attached hydrogens (tertiary/aromatic N) is 3. The average Bonchev–Trinajstić information content (AvgIpc) is 3.04. The van der Waals surface area contributed by atoms with Crippen molar-refractivity contribution in [1.29, 1.82) is 0 Å². The number of hydrogen-bond acceptors (Lipinski definition) is 4. The van der Waals surface area contributed by atoms with Gasteiger partial charge in [0.1, 0.15) is 12.1 Å². The van der Waals surface area contributed by atoms with Crippen LogP contribution in [0.3, 0.4) is 0 Å². The number of hydrogen-bond donors (Lipinski definition) is 3. The number of urea groups is 1. The van der Waals surface area contributed by atoms with Crippen molar-refractivity contribution in [2.75, 3.05) is 6.54 Å². The highest BCUT2D eigenvalue weighted by atomic mass is 16.3. The van der Waals surface area contributed by atoms with Crippen LogP contribution in [0.25, 0.3) is 5.82 Å². The predicted molar refractivity (Wildman–Crippen MR) is 80.4 cm³/mol. The Bertz CT molecular complexity index is 637. The van der Waals surface area contributed by atoms with Crippen LogP contribution < -0.4 is 10.6 Å². The minimum absolute atomic E-state index is 0.277.